The lowest BCUT2D eigenvalue weighted by molar-refractivity contribution is 0.201. The van der Waals surface area contributed by atoms with E-state index in [0.717, 1.165) is 12.2 Å². The molecule has 2 N–H and O–H groups in total. The van der Waals surface area contributed by atoms with Gasteiger partial charge in [0.15, 0.2) is 5.75 Å². The van der Waals surface area contributed by atoms with E-state index in [1.54, 1.807) is 13.0 Å². The summed E-state index contributed by atoms with van der Waals surface area (Å²) in [4.78, 5) is 12.3. The van der Waals surface area contributed by atoms with Gasteiger partial charge in [0.05, 0.1) is 11.4 Å². The Morgan fingerprint density at radius 3 is 3.12 bits per heavy atom. The van der Waals surface area contributed by atoms with Crippen LogP contribution < -0.4 is 15.0 Å². The molecule has 2 rings (SSSR count). The van der Waals surface area contributed by atoms with Crippen LogP contribution in [0.1, 0.15) is 6.92 Å². The zero-order valence-electron chi connectivity index (χ0n) is 9.06. The molecular formula is C11H14N2O3. The lowest BCUT2D eigenvalue weighted by atomic mass is 10.2. The van der Waals surface area contributed by atoms with Gasteiger partial charge < -0.3 is 15.2 Å². The van der Waals surface area contributed by atoms with E-state index in [1.165, 1.54) is 4.90 Å². The zero-order chi connectivity index (χ0) is 11.5. The molecule has 1 heterocycles. The molecular weight excluding hydrogens is 208 g/mol. The Morgan fingerprint density at radius 1 is 1.62 bits per heavy atom. The first-order valence-electron chi connectivity index (χ1n) is 5.24. The summed E-state index contributed by atoms with van der Waals surface area (Å²) in [5.74, 6) is 0.623. The first-order valence-corrected chi connectivity index (χ1v) is 5.24. The second kappa shape index (κ2) is 4.30. The van der Waals surface area contributed by atoms with Crippen LogP contribution in [0.25, 0.3) is 0 Å². The summed E-state index contributed by atoms with van der Waals surface area (Å²) in [6, 6.07) is 5.46. The molecule has 1 amide bonds. The lowest BCUT2D eigenvalue weighted by Crippen LogP contribution is -2.30. The van der Waals surface area contributed by atoms with Crippen LogP contribution in [0, 0.1) is 0 Å². The van der Waals surface area contributed by atoms with E-state index in [-0.39, 0.29) is 0 Å². The summed E-state index contributed by atoms with van der Waals surface area (Å²) >= 11 is 0. The minimum atomic E-state index is -0.968. The number of amides is 1. The molecule has 0 atom stereocenters. The fraction of sp³-hybridized carbons (Fsp3) is 0.364. The topological polar surface area (TPSA) is 61.8 Å². The Morgan fingerprint density at radius 2 is 2.44 bits per heavy atom. The molecule has 0 bridgehead atoms. The molecule has 0 unspecified atom stereocenters. The highest BCUT2D eigenvalue weighted by Crippen LogP contribution is 2.37. The molecule has 86 valence electrons. The molecule has 0 radical (unpaired) electrons. The van der Waals surface area contributed by atoms with Gasteiger partial charge >= 0.3 is 6.09 Å². The molecule has 1 aliphatic heterocycles. The summed E-state index contributed by atoms with van der Waals surface area (Å²) in [6.07, 6.45) is -0.968. The number of carboxylic acid groups (broad SMARTS) is 1. The first kappa shape index (κ1) is 10.6. The standard InChI is InChI=1S/C11H14N2O3/c1-2-13(11(14)15)9-5-3-4-8-10(9)16-7-6-12-8/h3-5,12H,2,6-7H2,1H3,(H,14,15). The number of ether oxygens (including phenoxy) is 1. The van der Waals surface area contributed by atoms with Crippen LogP contribution in [-0.2, 0) is 0 Å². The monoisotopic (exact) mass is 222 g/mol. The maximum Gasteiger partial charge on any atom is 0.411 e. The Bertz CT molecular complexity index is 406. The highest BCUT2D eigenvalue weighted by molar-refractivity contribution is 5.90. The third-order valence-corrected chi connectivity index (χ3v) is 2.50. The predicted octanol–water partition coefficient (Wildman–Crippen LogP) is 2.00. The molecule has 1 aromatic carbocycles. The van der Waals surface area contributed by atoms with Crippen LogP contribution >= 0.6 is 0 Å². The van der Waals surface area contributed by atoms with E-state index < -0.39 is 6.09 Å². The third-order valence-electron chi connectivity index (χ3n) is 2.50. The van der Waals surface area contributed by atoms with E-state index in [0.29, 0.717) is 24.6 Å². The average Bonchev–Trinajstić information content (AvgIpc) is 2.30. The molecule has 5 nitrogen and oxygen atoms in total. The van der Waals surface area contributed by atoms with E-state index in [1.807, 2.05) is 12.1 Å². The zero-order valence-corrected chi connectivity index (χ0v) is 9.06. The van der Waals surface area contributed by atoms with Crippen molar-refractivity contribution in [2.45, 2.75) is 6.92 Å². The van der Waals surface area contributed by atoms with Gasteiger partial charge in [-0.25, -0.2) is 4.79 Å². The maximum atomic E-state index is 11.1. The van der Waals surface area contributed by atoms with Gasteiger partial charge in [-0.15, -0.1) is 0 Å². The molecule has 0 aromatic heterocycles. The molecule has 16 heavy (non-hydrogen) atoms. The van der Waals surface area contributed by atoms with Crippen molar-refractivity contribution in [3.63, 3.8) is 0 Å². The first-order chi connectivity index (χ1) is 7.74. The van der Waals surface area contributed by atoms with Crippen LogP contribution in [0.4, 0.5) is 16.2 Å². The van der Waals surface area contributed by atoms with E-state index in [9.17, 15) is 4.79 Å². The van der Waals surface area contributed by atoms with Crippen LogP contribution in [0.5, 0.6) is 5.75 Å². The van der Waals surface area contributed by atoms with Crippen molar-refractivity contribution in [1.29, 1.82) is 0 Å². The van der Waals surface area contributed by atoms with Crippen molar-refractivity contribution >= 4 is 17.5 Å². The number of hydrogen-bond donors (Lipinski definition) is 2. The largest absolute Gasteiger partial charge is 0.487 e. The van der Waals surface area contributed by atoms with E-state index in [4.69, 9.17) is 9.84 Å². The van der Waals surface area contributed by atoms with Crippen molar-refractivity contribution in [2.75, 3.05) is 29.9 Å². The summed E-state index contributed by atoms with van der Waals surface area (Å²) in [5, 5.41) is 12.3. The number of benzene rings is 1. The number of fused-ring (bicyclic) bond motifs is 1. The fourth-order valence-electron chi connectivity index (χ4n) is 1.78. The van der Waals surface area contributed by atoms with E-state index in [2.05, 4.69) is 5.32 Å². The van der Waals surface area contributed by atoms with Gasteiger partial charge in [-0.2, -0.15) is 0 Å². The number of hydrogen-bond acceptors (Lipinski definition) is 3. The number of carbonyl (C=O) groups is 1. The Labute approximate surface area is 93.6 Å². The van der Waals surface area contributed by atoms with Gasteiger partial charge in [-0.3, -0.25) is 4.90 Å². The second-order valence-electron chi connectivity index (χ2n) is 3.46. The molecule has 5 heteroatoms. The second-order valence-corrected chi connectivity index (χ2v) is 3.46. The number of para-hydroxylation sites is 1. The van der Waals surface area contributed by atoms with Crippen molar-refractivity contribution in [3.8, 4) is 5.75 Å². The maximum absolute atomic E-state index is 11.1. The van der Waals surface area contributed by atoms with Crippen molar-refractivity contribution < 1.29 is 14.6 Å². The van der Waals surface area contributed by atoms with Crippen LogP contribution in [0.15, 0.2) is 18.2 Å². The van der Waals surface area contributed by atoms with Gasteiger partial charge in [0, 0.05) is 13.1 Å². The highest BCUT2D eigenvalue weighted by atomic mass is 16.5. The minimum Gasteiger partial charge on any atom is -0.487 e. The third kappa shape index (κ3) is 1.76. The normalized spacial score (nSPS) is 13.3. The number of nitrogens with one attached hydrogen (secondary N) is 1. The predicted molar refractivity (Wildman–Crippen MR) is 61.5 cm³/mol. The molecule has 0 saturated heterocycles. The molecule has 0 saturated carbocycles. The Kier molecular flexibility index (Phi) is 2.85. The van der Waals surface area contributed by atoms with Crippen LogP contribution in [0.2, 0.25) is 0 Å². The summed E-state index contributed by atoms with van der Waals surface area (Å²) < 4.78 is 5.52. The fourth-order valence-corrected chi connectivity index (χ4v) is 1.78. The van der Waals surface area contributed by atoms with Crippen molar-refractivity contribution in [1.82, 2.24) is 0 Å². The Balaban J connectivity index is 2.43. The smallest absolute Gasteiger partial charge is 0.411 e. The molecule has 0 spiro atoms. The van der Waals surface area contributed by atoms with Gasteiger partial charge in [0.1, 0.15) is 6.61 Å². The van der Waals surface area contributed by atoms with Gasteiger partial charge in [0.2, 0.25) is 0 Å². The summed E-state index contributed by atoms with van der Waals surface area (Å²) in [6.45, 7) is 3.50. The summed E-state index contributed by atoms with van der Waals surface area (Å²) in [5.41, 5.74) is 1.45. The number of anilines is 2. The SMILES string of the molecule is CCN(C(=O)O)c1cccc2c1OCCN2. The molecule has 0 fully saturated rings. The van der Waals surface area contributed by atoms with Gasteiger partial charge in [-0.05, 0) is 19.1 Å². The molecule has 0 aliphatic carbocycles. The van der Waals surface area contributed by atoms with Gasteiger partial charge in [-0.1, -0.05) is 6.07 Å². The molecule has 1 aromatic rings. The van der Waals surface area contributed by atoms with Crippen molar-refractivity contribution in [3.05, 3.63) is 18.2 Å². The highest BCUT2D eigenvalue weighted by Gasteiger charge is 2.21. The van der Waals surface area contributed by atoms with Crippen molar-refractivity contribution in [2.24, 2.45) is 0 Å². The quantitative estimate of drug-likeness (QED) is 0.803. The molecule has 1 aliphatic rings. The van der Waals surface area contributed by atoms with Gasteiger partial charge in [0.25, 0.3) is 0 Å². The summed E-state index contributed by atoms with van der Waals surface area (Å²) in [7, 11) is 0. The van der Waals surface area contributed by atoms with Crippen LogP contribution in [0.3, 0.4) is 0 Å². The minimum absolute atomic E-state index is 0.398. The lowest BCUT2D eigenvalue weighted by Gasteiger charge is -2.25. The average molecular weight is 222 g/mol. The van der Waals surface area contributed by atoms with Crippen LogP contribution in [-0.4, -0.2) is 30.9 Å². The number of rotatable bonds is 2. The number of nitrogens with zero attached hydrogens (tertiary/aromatic N) is 1. The van der Waals surface area contributed by atoms with E-state index >= 15 is 0 Å². The Hall–Kier alpha value is -1.91.